The van der Waals surface area contributed by atoms with E-state index in [1.54, 1.807) is 6.07 Å². The number of hydrogen-bond donors (Lipinski definition) is 1. The van der Waals surface area contributed by atoms with Gasteiger partial charge in [-0.1, -0.05) is 12.1 Å². The molecular weight excluding hydrogens is 404 g/mol. The fraction of sp³-hybridized carbons (Fsp3) is 0.240. The third-order valence-electron chi connectivity index (χ3n) is 5.72. The van der Waals surface area contributed by atoms with E-state index in [1.165, 1.54) is 4.57 Å². The third kappa shape index (κ3) is 3.22. The average molecular weight is 428 g/mol. The van der Waals surface area contributed by atoms with E-state index in [4.69, 9.17) is 14.7 Å². The summed E-state index contributed by atoms with van der Waals surface area (Å²) in [5.74, 6) is 1.36. The first-order chi connectivity index (χ1) is 15.5. The van der Waals surface area contributed by atoms with E-state index in [0.29, 0.717) is 42.0 Å². The van der Waals surface area contributed by atoms with Gasteiger partial charge in [-0.25, -0.2) is 9.98 Å². The molecule has 0 aliphatic carbocycles. The predicted molar refractivity (Wildman–Crippen MR) is 126 cm³/mol. The fourth-order valence-electron chi connectivity index (χ4n) is 4.15. The molecular formula is C25H24N4O3. The molecule has 4 aromatic rings. The van der Waals surface area contributed by atoms with Gasteiger partial charge in [0.1, 0.15) is 5.75 Å². The number of ether oxygens (including phenoxy) is 1. The Morgan fingerprint density at radius 3 is 2.50 bits per heavy atom. The van der Waals surface area contributed by atoms with Crippen LogP contribution in [-0.2, 0) is 6.54 Å². The van der Waals surface area contributed by atoms with Gasteiger partial charge in [0, 0.05) is 40.2 Å². The van der Waals surface area contributed by atoms with Crippen LogP contribution in [0.1, 0.15) is 12.5 Å². The van der Waals surface area contributed by atoms with Crippen LogP contribution in [0.3, 0.4) is 0 Å². The zero-order valence-electron chi connectivity index (χ0n) is 18.3. The van der Waals surface area contributed by atoms with E-state index >= 15 is 0 Å². The molecule has 0 saturated heterocycles. The van der Waals surface area contributed by atoms with Crippen LogP contribution in [0.2, 0.25) is 0 Å². The Hall–Kier alpha value is -3.71. The monoisotopic (exact) mass is 428 g/mol. The van der Waals surface area contributed by atoms with Crippen molar-refractivity contribution in [3.8, 4) is 11.6 Å². The normalized spacial score (nSPS) is 12.9. The lowest BCUT2D eigenvalue weighted by atomic mass is 10.0. The number of nitrogens with zero attached hydrogens (tertiary/aromatic N) is 4. The Labute approximate surface area is 184 Å². The van der Waals surface area contributed by atoms with Gasteiger partial charge < -0.3 is 14.7 Å². The fourth-order valence-corrected chi connectivity index (χ4v) is 4.15. The molecule has 0 saturated carbocycles. The number of pyridine rings is 1. The number of benzene rings is 3. The predicted octanol–water partition coefficient (Wildman–Crippen LogP) is 3.25. The summed E-state index contributed by atoms with van der Waals surface area (Å²) in [5.41, 5.74) is 1.36. The van der Waals surface area contributed by atoms with E-state index in [-0.39, 0.29) is 11.4 Å². The van der Waals surface area contributed by atoms with Gasteiger partial charge in [0.2, 0.25) is 5.88 Å². The van der Waals surface area contributed by atoms with Crippen molar-refractivity contribution in [2.24, 2.45) is 9.98 Å². The number of aliphatic imine (C=N–C) groups is 1. The summed E-state index contributed by atoms with van der Waals surface area (Å²) in [5, 5.41) is 14.5. The van der Waals surface area contributed by atoms with Crippen molar-refractivity contribution in [2.45, 2.75) is 13.5 Å². The molecule has 7 heteroatoms. The number of aromatic hydroxyl groups is 1. The number of likely N-dealkylation sites (N-methyl/N-ethyl adjacent to an activating group) is 1. The molecule has 0 atom stereocenters. The maximum atomic E-state index is 13.2. The molecule has 1 aromatic heterocycles. The van der Waals surface area contributed by atoms with Crippen LogP contribution in [-0.4, -0.2) is 47.7 Å². The molecule has 32 heavy (non-hydrogen) atoms. The highest BCUT2D eigenvalue weighted by molar-refractivity contribution is 6.14. The van der Waals surface area contributed by atoms with Crippen molar-refractivity contribution in [2.75, 3.05) is 27.2 Å². The van der Waals surface area contributed by atoms with Crippen molar-refractivity contribution in [3.05, 3.63) is 69.8 Å². The second-order valence-corrected chi connectivity index (χ2v) is 8.11. The first-order valence-electron chi connectivity index (χ1n) is 10.6. The minimum atomic E-state index is -0.201. The Morgan fingerprint density at radius 1 is 1.03 bits per heavy atom. The standard InChI is InChI=1S/C25H24N4O3/c1-4-32-16-10-8-15(9-11-16)23-26-20-14-19-21-17(22(20)27-23)6-5-7-18(21)24(30)29(25(19)31)13-12-28(2)3/h5-11,14,31H,4,12-13H2,1-3H3. The molecule has 2 heterocycles. The summed E-state index contributed by atoms with van der Waals surface area (Å²) < 4.78 is 6.96. The van der Waals surface area contributed by atoms with Crippen molar-refractivity contribution >= 4 is 33.1 Å². The Bertz CT molecular complexity index is 1480. The average Bonchev–Trinajstić information content (AvgIpc) is 3.22. The van der Waals surface area contributed by atoms with Crippen LogP contribution in [0, 0.1) is 0 Å². The summed E-state index contributed by atoms with van der Waals surface area (Å²) in [6.45, 7) is 3.60. The van der Waals surface area contributed by atoms with Gasteiger partial charge in [0.15, 0.2) is 5.84 Å². The van der Waals surface area contributed by atoms with Gasteiger partial charge in [-0.15, -0.1) is 0 Å². The smallest absolute Gasteiger partial charge is 0.261 e. The first kappa shape index (κ1) is 20.2. The van der Waals surface area contributed by atoms with E-state index in [0.717, 1.165) is 27.4 Å². The number of fused-ring (bicyclic) bond motifs is 2. The van der Waals surface area contributed by atoms with Crippen LogP contribution in [0.5, 0.6) is 11.6 Å². The van der Waals surface area contributed by atoms with Gasteiger partial charge >= 0.3 is 0 Å². The number of rotatable bonds is 6. The molecule has 0 amide bonds. The molecule has 7 nitrogen and oxygen atoms in total. The van der Waals surface area contributed by atoms with Gasteiger partial charge in [-0.2, -0.15) is 0 Å². The summed E-state index contributed by atoms with van der Waals surface area (Å²) in [6, 6.07) is 15.1. The summed E-state index contributed by atoms with van der Waals surface area (Å²) in [6.07, 6.45) is 0. The molecule has 0 bridgehead atoms. The van der Waals surface area contributed by atoms with Gasteiger partial charge in [-0.05, 0) is 57.4 Å². The molecule has 3 aromatic carbocycles. The van der Waals surface area contributed by atoms with Crippen LogP contribution in [0.15, 0.2) is 63.3 Å². The van der Waals surface area contributed by atoms with Crippen molar-refractivity contribution in [1.82, 2.24) is 9.47 Å². The Kier molecular flexibility index (Phi) is 4.90. The lowest BCUT2D eigenvalue weighted by Gasteiger charge is -2.16. The molecule has 162 valence electrons. The van der Waals surface area contributed by atoms with Crippen LogP contribution >= 0.6 is 0 Å². The second-order valence-electron chi connectivity index (χ2n) is 8.11. The summed E-state index contributed by atoms with van der Waals surface area (Å²) in [4.78, 5) is 24.6. The van der Waals surface area contributed by atoms with Crippen molar-refractivity contribution in [1.29, 1.82) is 0 Å². The van der Waals surface area contributed by atoms with E-state index < -0.39 is 0 Å². The van der Waals surface area contributed by atoms with Crippen LogP contribution in [0.4, 0.5) is 5.69 Å². The van der Waals surface area contributed by atoms with E-state index in [1.807, 2.05) is 68.4 Å². The van der Waals surface area contributed by atoms with Crippen molar-refractivity contribution < 1.29 is 9.84 Å². The third-order valence-corrected chi connectivity index (χ3v) is 5.72. The zero-order valence-corrected chi connectivity index (χ0v) is 18.3. The minimum absolute atomic E-state index is 0.0342. The van der Waals surface area contributed by atoms with Gasteiger partial charge in [-0.3, -0.25) is 9.36 Å². The maximum absolute atomic E-state index is 13.2. The van der Waals surface area contributed by atoms with Gasteiger partial charge in [0.25, 0.3) is 5.56 Å². The molecule has 1 aliphatic heterocycles. The zero-order chi connectivity index (χ0) is 22.4. The summed E-state index contributed by atoms with van der Waals surface area (Å²) in [7, 11) is 3.87. The Balaban J connectivity index is 1.70. The Morgan fingerprint density at radius 2 is 1.78 bits per heavy atom. The molecule has 1 aliphatic rings. The van der Waals surface area contributed by atoms with Gasteiger partial charge in [0.05, 0.1) is 17.7 Å². The lowest BCUT2D eigenvalue weighted by molar-refractivity contribution is 0.340. The SMILES string of the molecule is CCOc1ccc(C2=Nc3cc4c(O)n(CCN(C)C)c(=O)c5cccc(c3=N2)c45)cc1. The molecule has 0 fully saturated rings. The molecule has 0 spiro atoms. The van der Waals surface area contributed by atoms with E-state index in [2.05, 4.69) is 0 Å². The molecule has 5 rings (SSSR count). The molecule has 0 unspecified atom stereocenters. The highest BCUT2D eigenvalue weighted by Gasteiger charge is 2.20. The lowest BCUT2D eigenvalue weighted by Crippen LogP contribution is -2.27. The minimum Gasteiger partial charge on any atom is -0.494 e. The second kappa shape index (κ2) is 7.76. The number of amidine groups is 1. The quantitative estimate of drug-likeness (QED) is 0.511. The van der Waals surface area contributed by atoms with Crippen molar-refractivity contribution in [3.63, 3.8) is 0 Å². The largest absolute Gasteiger partial charge is 0.494 e. The number of aromatic nitrogens is 1. The summed E-state index contributed by atoms with van der Waals surface area (Å²) >= 11 is 0. The maximum Gasteiger partial charge on any atom is 0.261 e. The highest BCUT2D eigenvalue weighted by Crippen LogP contribution is 2.33. The van der Waals surface area contributed by atoms with E-state index in [9.17, 15) is 9.90 Å². The molecule has 1 N–H and O–H groups in total. The van der Waals surface area contributed by atoms with Crippen LogP contribution < -0.4 is 15.7 Å². The van der Waals surface area contributed by atoms with Crippen LogP contribution in [0.25, 0.3) is 21.5 Å². The first-order valence-corrected chi connectivity index (χ1v) is 10.6. The topological polar surface area (TPSA) is 79.4 Å². The number of hydrogen-bond acceptors (Lipinski definition) is 6. The highest BCUT2D eigenvalue weighted by atomic mass is 16.5. The molecule has 0 radical (unpaired) electrons.